The first-order valence-electron chi connectivity index (χ1n) is 10.6. The number of carbonyl (C=O) groups excluding carboxylic acids is 1. The molecule has 1 atom stereocenters. The summed E-state index contributed by atoms with van der Waals surface area (Å²) in [6.45, 7) is 7.73. The minimum Gasteiger partial charge on any atom is -0.496 e. The van der Waals surface area contributed by atoms with E-state index in [1.165, 1.54) is 0 Å². The second kappa shape index (κ2) is 9.98. The number of piperidine rings is 1. The highest BCUT2D eigenvalue weighted by molar-refractivity contribution is 5.70. The molecule has 1 saturated heterocycles. The minimum absolute atomic E-state index is 0.134. The summed E-state index contributed by atoms with van der Waals surface area (Å²) in [6.07, 6.45) is 3.66. The van der Waals surface area contributed by atoms with E-state index in [9.17, 15) is 4.79 Å². The van der Waals surface area contributed by atoms with Crippen molar-refractivity contribution in [3.05, 3.63) is 29.2 Å². The maximum absolute atomic E-state index is 12.0. The number of hydrogen-bond donors (Lipinski definition) is 0. The van der Waals surface area contributed by atoms with Gasteiger partial charge in [-0.15, -0.1) is 0 Å². The van der Waals surface area contributed by atoms with Crippen molar-refractivity contribution >= 4 is 5.97 Å². The molecule has 2 aromatic rings. The van der Waals surface area contributed by atoms with E-state index in [0.29, 0.717) is 31.2 Å². The topological polar surface area (TPSA) is 74.0 Å². The SMILES string of the molecule is CCOC(=O)C[C@H]1CCCCN1Cc1nc(-c2ccc(OC)c(C)c2OC)oc1C. The Balaban J connectivity index is 1.82. The Kier molecular flexibility index (Phi) is 7.37. The van der Waals surface area contributed by atoms with Crippen molar-refractivity contribution in [3.8, 4) is 23.0 Å². The van der Waals surface area contributed by atoms with Crippen LogP contribution in [0.1, 0.15) is 49.6 Å². The van der Waals surface area contributed by atoms with Gasteiger partial charge in [-0.3, -0.25) is 9.69 Å². The highest BCUT2D eigenvalue weighted by Crippen LogP contribution is 2.38. The molecule has 0 saturated carbocycles. The molecular weight excluding hydrogens is 384 g/mol. The van der Waals surface area contributed by atoms with Crippen molar-refractivity contribution in [2.75, 3.05) is 27.4 Å². The van der Waals surface area contributed by atoms with Crippen molar-refractivity contribution in [1.29, 1.82) is 0 Å². The molecule has 0 unspecified atom stereocenters. The summed E-state index contributed by atoms with van der Waals surface area (Å²) in [7, 11) is 3.27. The molecule has 0 radical (unpaired) electrons. The number of benzene rings is 1. The smallest absolute Gasteiger partial charge is 0.307 e. The molecule has 0 N–H and O–H groups in total. The third-order valence-corrected chi connectivity index (χ3v) is 5.71. The fourth-order valence-electron chi connectivity index (χ4n) is 4.12. The molecule has 1 aliphatic rings. The van der Waals surface area contributed by atoms with Crippen molar-refractivity contribution in [2.45, 2.75) is 59.0 Å². The van der Waals surface area contributed by atoms with Gasteiger partial charge in [-0.05, 0) is 52.3 Å². The van der Waals surface area contributed by atoms with Crippen LogP contribution in [0.15, 0.2) is 16.5 Å². The quantitative estimate of drug-likeness (QED) is 0.595. The number of methoxy groups -OCH3 is 2. The fourth-order valence-corrected chi connectivity index (χ4v) is 4.12. The van der Waals surface area contributed by atoms with E-state index in [2.05, 4.69) is 4.90 Å². The van der Waals surface area contributed by atoms with Crippen LogP contribution in [0.3, 0.4) is 0 Å². The predicted octanol–water partition coefficient (Wildman–Crippen LogP) is 4.28. The summed E-state index contributed by atoms with van der Waals surface area (Å²) in [6, 6.07) is 3.98. The lowest BCUT2D eigenvalue weighted by atomic mass is 9.99. The molecule has 1 aliphatic heterocycles. The van der Waals surface area contributed by atoms with Crippen LogP contribution in [0.5, 0.6) is 11.5 Å². The molecule has 1 fully saturated rings. The molecule has 7 heteroatoms. The van der Waals surface area contributed by atoms with Crippen molar-refractivity contribution in [2.24, 2.45) is 0 Å². The first-order chi connectivity index (χ1) is 14.5. The second-order valence-corrected chi connectivity index (χ2v) is 7.62. The Morgan fingerprint density at radius 2 is 2.03 bits per heavy atom. The zero-order valence-corrected chi connectivity index (χ0v) is 18.6. The Morgan fingerprint density at radius 1 is 1.23 bits per heavy atom. The Morgan fingerprint density at radius 3 is 2.73 bits per heavy atom. The predicted molar refractivity (Wildman–Crippen MR) is 114 cm³/mol. The number of ether oxygens (including phenoxy) is 3. The summed E-state index contributed by atoms with van der Waals surface area (Å²) in [5.74, 6) is 2.63. The van der Waals surface area contributed by atoms with Crippen LogP contribution in [0.2, 0.25) is 0 Å². The molecular formula is C23H32N2O5. The molecule has 1 aromatic carbocycles. The molecule has 1 aromatic heterocycles. The third-order valence-electron chi connectivity index (χ3n) is 5.71. The van der Waals surface area contributed by atoms with Crippen molar-refractivity contribution in [3.63, 3.8) is 0 Å². The zero-order chi connectivity index (χ0) is 21.7. The van der Waals surface area contributed by atoms with Gasteiger partial charge in [0, 0.05) is 18.2 Å². The fraction of sp³-hybridized carbons (Fsp3) is 0.565. The molecule has 0 bridgehead atoms. The van der Waals surface area contributed by atoms with Gasteiger partial charge in [-0.2, -0.15) is 0 Å². The first-order valence-corrected chi connectivity index (χ1v) is 10.6. The first kappa shape index (κ1) is 22.2. The van der Waals surface area contributed by atoms with E-state index in [1.54, 1.807) is 14.2 Å². The highest BCUT2D eigenvalue weighted by atomic mass is 16.5. The number of oxazole rings is 1. The highest BCUT2D eigenvalue weighted by Gasteiger charge is 2.27. The van der Waals surface area contributed by atoms with Gasteiger partial charge in [0.05, 0.1) is 38.5 Å². The standard InChI is InChI=1S/C23H32N2O5/c1-6-29-21(26)13-17-9-7-8-12-25(17)14-19-16(3)30-23(24-19)18-10-11-20(27-4)15(2)22(18)28-5/h10-11,17H,6-9,12-14H2,1-5H3/t17-/m1/s1. The van der Waals surface area contributed by atoms with Crippen molar-refractivity contribution in [1.82, 2.24) is 9.88 Å². The largest absolute Gasteiger partial charge is 0.496 e. The van der Waals surface area contributed by atoms with Gasteiger partial charge in [0.2, 0.25) is 5.89 Å². The van der Waals surface area contributed by atoms with Gasteiger partial charge in [-0.1, -0.05) is 6.42 Å². The monoisotopic (exact) mass is 416 g/mol. The van der Waals surface area contributed by atoms with Crippen molar-refractivity contribution < 1.29 is 23.4 Å². The Hall–Kier alpha value is -2.54. The summed E-state index contributed by atoms with van der Waals surface area (Å²) in [4.78, 5) is 19.1. The molecule has 0 aliphatic carbocycles. The Labute approximate surface area is 178 Å². The zero-order valence-electron chi connectivity index (χ0n) is 18.6. The van der Waals surface area contributed by atoms with Gasteiger partial charge in [0.25, 0.3) is 0 Å². The molecule has 7 nitrogen and oxygen atoms in total. The summed E-state index contributed by atoms with van der Waals surface area (Å²) in [5.41, 5.74) is 2.59. The Bertz CT molecular complexity index is 877. The van der Waals surface area contributed by atoms with E-state index in [0.717, 1.165) is 54.1 Å². The average molecular weight is 417 g/mol. The molecule has 0 amide bonds. The number of hydrogen-bond acceptors (Lipinski definition) is 7. The number of carbonyl (C=O) groups is 1. The number of aryl methyl sites for hydroxylation is 1. The molecule has 2 heterocycles. The lowest BCUT2D eigenvalue weighted by Gasteiger charge is -2.34. The maximum Gasteiger partial charge on any atom is 0.307 e. The van der Waals surface area contributed by atoms with Gasteiger partial charge < -0.3 is 18.6 Å². The van der Waals surface area contributed by atoms with E-state index in [-0.39, 0.29) is 12.0 Å². The number of nitrogens with zero attached hydrogens (tertiary/aromatic N) is 2. The van der Waals surface area contributed by atoms with Crippen LogP contribution in [-0.4, -0.2) is 49.3 Å². The number of esters is 1. The van der Waals surface area contributed by atoms with Crippen LogP contribution >= 0.6 is 0 Å². The average Bonchev–Trinajstić information content (AvgIpc) is 3.09. The molecule has 0 spiro atoms. The normalized spacial score (nSPS) is 17.0. The second-order valence-electron chi connectivity index (χ2n) is 7.62. The van der Waals surface area contributed by atoms with Crippen LogP contribution in [0.25, 0.3) is 11.5 Å². The maximum atomic E-state index is 12.0. The summed E-state index contributed by atoms with van der Waals surface area (Å²) in [5, 5.41) is 0. The molecule has 30 heavy (non-hydrogen) atoms. The van der Waals surface area contributed by atoms with Crippen LogP contribution in [0.4, 0.5) is 0 Å². The van der Waals surface area contributed by atoms with Gasteiger partial charge in [0.15, 0.2) is 0 Å². The van der Waals surface area contributed by atoms with E-state index in [1.807, 2.05) is 32.9 Å². The van der Waals surface area contributed by atoms with Crippen LogP contribution in [0, 0.1) is 13.8 Å². The lowest BCUT2D eigenvalue weighted by molar-refractivity contribution is -0.145. The third kappa shape index (κ3) is 4.78. The lowest BCUT2D eigenvalue weighted by Crippen LogP contribution is -2.40. The number of likely N-dealkylation sites (tertiary alicyclic amines) is 1. The summed E-state index contributed by atoms with van der Waals surface area (Å²) < 4.78 is 22.2. The van der Waals surface area contributed by atoms with E-state index < -0.39 is 0 Å². The number of rotatable bonds is 8. The summed E-state index contributed by atoms with van der Waals surface area (Å²) >= 11 is 0. The molecule has 3 rings (SSSR count). The molecule has 164 valence electrons. The van der Waals surface area contributed by atoms with Gasteiger partial charge in [-0.25, -0.2) is 4.98 Å². The van der Waals surface area contributed by atoms with Crippen LogP contribution < -0.4 is 9.47 Å². The van der Waals surface area contributed by atoms with E-state index >= 15 is 0 Å². The van der Waals surface area contributed by atoms with Gasteiger partial charge in [0.1, 0.15) is 17.3 Å². The minimum atomic E-state index is -0.134. The van der Waals surface area contributed by atoms with Gasteiger partial charge >= 0.3 is 5.97 Å². The van der Waals surface area contributed by atoms with Crippen LogP contribution in [-0.2, 0) is 16.1 Å². The van der Waals surface area contributed by atoms with E-state index in [4.69, 9.17) is 23.6 Å². The number of aromatic nitrogens is 1.